The van der Waals surface area contributed by atoms with Crippen molar-refractivity contribution >= 4 is 5.91 Å². The Labute approximate surface area is 155 Å². The van der Waals surface area contributed by atoms with Crippen LogP contribution in [0.5, 0.6) is 0 Å². The first kappa shape index (κ1) is 18.7. The first-order valence-electron chi connectivity index (χ1n) is 8.45. The Balaban J connectivity index is 1.98. The third kappa shape index (κ3) is 4.37. The third-order valence-corrected chi connectivity index (χ3v) is 4.30. The second-order valence-corrected chi connectivity index (χ2v) is 6.27. The molecule has 0 aromatic heterocycles. The molecule has 0 saturated heterocycles. The van der Waals surface area contributed by atoms with Crippen molar-refractivity contribution in [3.8, 4) is 0 Å². The first-order valence-corrected chi connectivity index (χ1v) is 8.45. The van der Waals surface area contributed by atoms with Gasteiger partial charge in [-0.1, -0.05) is 72.3 Å². The lowest BCUT2D eigenvalue weighted by Crippen LogP contribution is -2.31. The van der Waals surface area contributed by atoms with Crippen LogP contribution in [-0.2, 0) is 6.18 Å². The van der Waals surface area contributed by atoms with E-state index in [0.717, 1.165) is 22.8 Å². The molecule has 27 heavy (non-hydrogen) atoms. The van der Waals surface area contributed by atoms with Gasteiger partial charge in [-0.3, -0.25) is 4.79 Å². The molecule has 1 atom stereocenters. The van der Waals surface area contributed by atoms with Crippen LogP contribution in [0.15, 0.2) is 78.9 Å². The highest BCUT2D eigenvalue weighted by Crippen LogP contribution is 2.32. The quantitative estimate of drug-likeness (QED) is 0.643. The van der Waals surface area contributed by atoms with Crippen LogP contribution < -0.4 is 5.32 Å². The summed E-state index contributed by atoms with van der Waals surface area (Å²) in [6.07, 6.45) is -4.60. The van der Waals surface area contributed by atoms with Gasteiger partial charge in [0.25, 0.3) is 5.91 Å². The van der Waals surface area contributed by atoms with Gasteiger partial charge >= 0.3 is 6.18 Å². The highest BCUT2D eigenvalue weighted by Gasteiger charge is 2.35. The Bertz CT molecular complexity index is 918. The molecule has 3 rings (SSSR count). The van der Waals surface area contributed by atoms with Gasteiger partial charge in [-0.05, 0) is 30.2 Å². The summed E-state index contributed by atoms with van der Waals surface area (Å²) in [5, 5.41) is 2.76. The minimum Gasteiger partial charge on any atom is -0.341 e. The Morgan fingerprint density at radius 1 is 0.815 bits per heavy atom. The first-order chi connectivity index (χ1) is 12.9. The van der Waals surface area contributed by atoms with Crippen molar-refractivity contribution in [2.45, 2.75) is 19.1 Å². The normalized spacial score (nSPS) is 12.4. The molecule has 0 radical (unpaired) electrons. The number of carbonyl (C=O) groups is 1. The molecule has 2 nitrogen and oxygen atoms in total. The van der Waals surface area contributed by atoms with Crippen LogP contribution in [0.25, 0.3) is 0 Å². The van der Waals surface area contributed by atoms with Crippen LogP contribution in [0.1, 0.15) is 38.7 Å². The minimum absolute atomic E-state index is 0.391. The Kier molecular flexibility index (Phi) is 5.31. The molecule has 0 aliphatic heterocycles. The molecule has 1 amide bonds. The average Bonchev–Trinajstić information content (AvgIpc) is 2.67. The monoisotopic (exact) mass is 369 g/mol. The molecule has 3 aromatic rings. The van der Waals surface area contributed by atoms with Crippen LogP contribution in [0.4, 0.5) is 13.2 Å². The van der Waals surface area contributed by atoms with Crippen LogP contribution in [0, 0.1) is 6.92 Å². The van der Waals surface area contributed by atoms with Crippen molar-refractivity contribution in [1.82, 2.24) is 5.32 Å². The molecule has 0 heterocycles. The topological polar surface area (TPSA) is 29.1 Å². The molecule has 0 aliphatic rings. The van der Waals surface area contributed by atoms with Gasteiger partial charge in [-0.25, -0.2) is 0 Å². The summed E-state index contributed by atoms with van der Waals surface area (Å²) in [6, 6.07) is 20.9. The molecule has 0 saturated carbocycles. The number of aryl methyl sites for hydroxylation is 1. The molecular weight excluding hydrogens is 351 g/mol. The van der Waals surface area contributed by atoms with Crippen molar-refractivity contribution < 1.29 is 18.0 Å². The summed E-state index contributed by atoms with van der Waals surface area (Å²) in [4.78, 5) is 12.7. The minimum atomic E-state index is -4.60. The summed E-state index contributed by atoms with van der Waals surface area (Å²) in [5.41, 5.74) is 1.30. The summed E-state index contributed by atoms with van der Waals surface area (Å²) in [5.74, 6) is -0.766. The maximum atomic E-state index is 13.3. The molecular formula is C22H18F3NO. The number of hydrogen-bond donors (Lipinski definition) is 1. The van der Waals surface area contributed by atoms with Gasteiger partial charge in [-0.2, -0.15) is 13.2 Å². The number of benzene rings is 3. The molecule has 1 N–H and O–H groups in total. The Morgan fingerprint density at radius 2 is 1.37 bits per heavy atom. The second kappa shape index (κ2) is 7.66. The number of nitrogens with one attached hydrogen (secondary N) is 1. The molecule has 3 aromatic carbocycles. The number of hydrogen-bond acceptors (Lipinski definition) is 1. The molecule has 0 fully saturated rings. The van der Waals surface area contributed by atoms with Crippen LogP contribution in [0.2, 0.25) is 0 Å². The summed E-state index contributed by atoms with van der Waals surface area (Å²) in [6.45, 7) is 1.94. The average molecular weight is 369 g/mol. The Morgan fingerprint density at radius 3 is 2.00 bits per heavy atom. The van der Waals surface area contributed by atoms with E-state index in [1.54, 1.807) is 0 Å². The van der Waals surface area contributed by atoms with E-state index in [4.69, 9.17) is 0 Å². The summed E-state index contributed by atoms with van der Waals surface area (Å²) >= 11 is 0. The fourth-order valence-electron chi connectivity index (χ4n) is 2.90. The van der Waals surface area contributed by atoms with E-state index in [2.05, 4.69) is 5.32 Å². The maximum Gasteiger partial charge on any atom is 0.417 e. The standard InChI is InChI=1S/C22H18F3NO/c1-15-11-13-17(14-12-15)20(16-7-3-2-4-8-16)26-21(27)18-9-5-6-10-19(18)22(23,24)25/h2-14,20H,1H3,(H,26,27)/t20-/m0/s1. The van der Waals surface area contributed by atoms with Gasteiger partial charge in [0.2, 0.25) is 0 Å². The number of carbonyl (C=O) groups excluding carboxylic acids is 1. The lowest BCUT2D eigenvalue weighted by Gasteiger charge is -2.21. The zero-order valence-corrected chi connectivity index (χ0v) is 14.6. The molecule has 0 spiro atoms. The Hall–Kier alpha value is -3.08. The number of halogens is 3. The van der Waals surface area contributed by atoms with Gasteiger partial charge < -0.3 is 5.32 Å². The summed E-state index contributed by atoms with van der Waals surface area (Å²) < 4.78 is 39.8. The fourth-order valence-corrected chi connectivity index (χ4v) is 2.90. The van der Waals surface area contributed by atoms with Crippen molar-refractivity contribution in [2.75, 3.05) is 0 Å². The van der Waals surface area contributed by atoms with Gasteiger partial charge in [0.1, 0.15) is 0 Å². The van der Waals surface area contributed by atoms with Gasteiger partial charge in [0, 0.05) is 0 Å². The van der Waals surface area contributed by atoms with Crippen LogP contribution in [0.3, 0.4) is 0 Å². The van der Waals surface area contributed by atoms with Crippen molar-refractivity contribution in [3.63, 3.8) is 0 Å². The zero-order chi connectivity index (χ0) is 19.4. The largest absolute Gasteiger partial charge is 0.417 e. The van der Waals surface area contributed by atoms with E-state index in [9.17, 15) is 18.0 Å². The van der Waals surface area contributed by atoms with Crippen molar-refractivity contribution in [1.29, 1.82) is 0 Å². The van der Waals surface area contributed by atoms with Crippen LogP contribution >= 0.6 is 0 Å². The second-order valence-electron chi connectivity index (χ2n) is 6.27. The molecule has 5 heteroatoms. The molecule has 0 bridgehead atoms. The molecule has 138 valence electrons. The lowest BCUT2D eigenvalue weighted by atomic mass is 9.97. The van der Waals surface area contributed by atoms with Gasteiger partial charge in [-0.15, -0.1) is 0 Å². The highest BCUT2D eigenvalue weighted by molar-refractivity contribution is 5.96. The predicted octanol–water partition coefficient (Wildman–Crippen LogP) is 5.53. The number of rotatable bonds is 4. The third-order valence-electron chi connectivity index (χ3n) is 4.30. The van der Waals surface area contributed by atoms with Gasteiger partial charge in [0.05, 0.1) is 17.2 Å². The molecule has 0 aliphatic carbocycles. The van der Waals surface area contributed by atoms with E-state index in [1.807, 2.05) is 61.5 Å². The fraction of sp³-hybridized carbons (Fsp3) is 0.136. The lowest BCUT2D eigenvalue weighted by molar-refractivity contribution is -0.137. The maximum absolute atomic E-state index is 13.3. The van der Waals surface area contributed by atoms with Crippen molar-refractivity contribution in [3.05, 3.63) is 107 Å². The van der Waals surface area contributed by atoms with Crippen molar-refractivity contribution in [2.24, 2.45) is 0 Å². The van der Waals surface area contributed by atoms with Crippen LogP contribution in [-0.4, -0.2) is 5.91 Å². The van der Waals surface area contributed by atoms with E-state index in [1.165, 1.54) is 18.2 Å². The number of alkyl halides is 3. The zero-order valence-electron chi connectivity index (χ0n) is 14.6. The van der Waals surface area contributed by atoms with E-state index in [-0.39, 0.29) is 0 Å². The highest BCUT2D eigenvalue weighted by atomic mass is 19.4. The SMILES string of the molecule is Cc1ccc([C@@H](NC(=O)c2ccccc2C(F)(F)F)c2ccccc2)cc1. The van der Waals surface area contributed by atoms with E-state index >= 15 is 0 Å². The van der Waals surface area contributed by atoms with Gasteiger partial charge in [0.15, 0.2) is 0 Å². The van der Waals surface area contributed by atoms with E-state index in [0.29, 0.717) is 0 Å². The summed E-state index contributed by atoms with van der Waals surface area (Å²) in [7, 11) is 0. The molecule has 0 unspecified atom stereocenters. The van der Waals surface area contributed by atoms with E-state index < -0.39 is 29.3 Å². The smallest absolute Gasteiger partial charge is 0.341 e. The predicted molar refractivity (Wildman–Crippen MR) is 98.4 cm³/mol. The number of amides is 1.